The average Bonchev–Trinajstić information content (AvgIpc) is 2.30. The molecule has 1 aliphatic carbocycles. The van der Waals surface area contributed by atoms with Crippen molar-refractivity contribution < 1.29 is 13.2 Å². The summed E-state index contributed by atoms with van der Waals surface area (Å²) in [6.45, 7) is 2.96. The molecule has 0 amide bonds. The van der Waals surface area contributed by atoms with E-state index in [-0.39, 0.29) is 6.42 Å². The maximum atomic E-state index is 11.9. The monoisotopic (exact) mass is 265 g/mol. The molecule has 1 saturated carbocycles. The fourth-order valence-electron chi connectivity index (χ4n) is 2.82. The highest BCUT2D eigenvalue weighted by Crippen LogP contribution is 2.27. The average molecular weight is 265 g/mol. The van der Waals surface area contributed by atoms with Crippen LogP contribution in [0.4, 0.5) is 13.2 Å². The summed E-state index contributed by atoms with van der Waals surface area (Å²) in [5.41, 5.74) is 0. The molecule has 0 unspecified atom stereocenters. The molecule has 1 aliphatic rings. The molecule has 0 aromatic carbocycles. The maximum Gasteiger partial charge on any atom is 0.389 e. The Morgan fingerprint density at radius 1 is 1.06 bits per heavy atom. The normalized spacial score (nSPS) is 25.3. The third-order valence-electron chi connectivity index (χ3n) is 3.86. The number of halogens is 3. The standard InChI is InChI=1S/C14H26F3N/c1-2-5-12-6-8-13(9-7-12)18-11-4-3-10-14(15,16)17/h12-13,18H,2-11H2,1H3. The molecular weight excluding hydrogens is 239 g/mol. The van der Waals surface area contributed by atoms with Crippen LogP contribution in [0.25, 0.3) is 0 Å². The Morgan fingerprint density at radius 2 is 1.72 bits per heavy atom. The molecule has 0 bridgehead atoms. The Hall–Kier alpha value is -0.250. The number of rotatable bonds is 7. The van der Waals surface area contributed by atoms with Crippen molar-refractivity contribution in [2.75, 3.05) is 6.54 Å². The van der Waals surface area contributed by atoms with Gasteiger partial charge in [0.2, 0.25) is 0 Å². The van der Waals surface area contributed by atoms with Gasteiger partial charge in [-0.15, -0.1) is 0 Å². The quantitative estimate of drug-likeness (QED) is 0.660. The van der Waals surface area contributed by atoms with Gasteiger partial charge in [0.05, 0.1) is 0 Å². The van der Waals surface area contributed by atoms with E-state index < -0.39 is 12.6 Å². The van der Waals surface area contributed by atoms with Crippen molar-refractivity contribution in [3.8, 4) is 0 Å². The van der Waals surface area contributed by atoms with Crippen molar-refractivity contribution in [1.29, 1.82) is 0 Å². The summed E-state index contributed by atoms with van der Waals surface area (Å²) in [6.07, 6.45) is 3.82. The van der Waals surface area contributed by atoms with Gasteiger partial charge in [0.15, 0.2) is 0 Å². The molecule has 0 heterocycles. The topological polar surface area (TPSA) is 12.0 Å². The molecule has 1 rings (SSSR count). The van der Waals surface area contributed by atoms with Crippen LogP contribution in [-0.4, -0.2) is 18.8 Å². The van der Waals surface area contributed by atoms with E-state index in [0.717, 1.165) is 12.5 Å². The first-order valence-corrected chi connectivity index (χ1v) is 7.31. The van der Waals surface area contributed by atoms with Gasteiger partial charge < -0.3 is 5.32 Å². The zero-order chi connectivity index (χ0) is 13.4. The molecule has 0 aromatic rings. The molecule has 18 heavy (non-hydrogen) atoms. The highest BCUT2D eigenvalue weighted by Gasteiger charge is 2.26. The van der Waals surface area contributed by atoms with Crippen molar-refractivity contribution in [3.05, 3.63) is 0 Å². The third kappa shape index (κ3) is 7.24. The molecular formula is C14H26F3N. The van der Waals surface area contributed by atoms with Crippen molar-refractivity contribution >= 4 is 0 Å². The fraction of sp³-hybridized carbons (Fsp3) is 1.00. The van der Waals surface area contributed by atoms with Crippen LogP contribution in [0, 0.1) is 5.92 Å². The van der Waals surface area contributed by atoms with Crippen molar-refractivity contribution in [3.63, 3.8) is 0 Å². The summed E-state index contributed by atoms with van der Waals surface area (Å²) < 4.78 is 35.8. The molecule has 0 spiro atoms. The van der Waals surface area contributed by atoms with Crippen LogP contribution in [0.5, 0.6) is 0 Å². The number of hydrogen-bond donors (Lipinski definition) is 1. The Bertz CT molecular complexity index is 208. The number of alkyl halides is 3. The highest BCUT2D eigenvalue weighted by atomic mass is 19.4. The molecule has 4 heteroatoms. The summed E-state index contributed by atoms with van der Waals surface area (Å²) in [6, 6.07) is 0.545. The van der Waals surface area contributed by atoms with Gasteiger partial charge >= 0.3 is 6.18 Å². The first kappa shape index (κ1) is 15.8. The molecule has 0 atom stereocenters. The molecule has 1 fully saturated rings. The Balaban J connectivity index is 1.98. The minimum Gasteiger partial charge on any atom is -0.314 e. The van der Waals surface area contributed by atoms with E-state index in [0.29, 0.717) is 12.5 Å². The first-order chi connectivity index (χ1) is 8.51. The molecule has 1 N–H and O–H groups in total. The van der Waals surface area contributed by atoms with E-state index in [4.69, 9.17) is 0 Å². The molecule has 108 valence electrons. The van der Waals surface area contributed by atoms with Crippen molar-refractivity contribution in [2.45, 2.75) is 76.9 Å². The lowest BCUT2D eigenvalue weighted by Crippen LogP contribution is -2.33. The van der Waals surface area contributed by atoms with E-state index in [2.05, 4.69) is 12.2 Å². The molecule has 1 nitrogen and oxygen atoms in total. The lowest BCUT2D eigenvalue weighted by molar-refractivity contribution is -0.135. The number of hydrogen-bond acceptors (Lipinski definition) is 1. The van der Waals surface area contributed by atoms with Gasteiger partial charge in [-0.3, -0.25) is 0 Å². The second-order valence-corrected chi connectivity index (χ2v) is 5.53. The minimum absolute atomic E-state index is 0.252. The Morgan fingerprint density at radius 3 is 2.28 bits per heavy atom. The van der Waals surface area contributed by atoms with Gasteiger partial charge in [-0.05, 0) is 51.0 Å². The fourth-order valence-corrected chi connectivity index (χ4v) is 2.82. The second-order valence-electron chi connectivity index (χ2n) is 5.53. The lowest BCUT2D eigenvalue weighted by Gasteiger charge is -2.29. The minimum atomic E-state index is -3.99. The summed E-state index contributed by atoms with van der Waals surface area (Å²) in [4.78, 5) is 0. The largest absolute Gasteiger partial charge is 0.389 e. The van der Waals surface area contributed by atoms with Gasteiger partial charge in [-0.2, -0.15) is 13.2 Å². The lowest BCUT2D eigenvalue weighted by atomic mass is 9.83. The first-order valence-electron chi connectivity index (χ1n) is 7.31. The summed E-state index contributed by atoms with van der Waals surface area (Å²) in [7, 11) is 0. The summed E-state index contributed by atoms with van der Waals surface area (Å²) in [5, 5.41) is 3.40. The molecule has 0 aliphatic heterocycles. The van der Waals surface area contributed by atoms with Crippen LogP contribution in [-0.2, 0) is 0 Å². The predicted octanol–water partition coefficient (Wildman–Crippen LogP) is 4.67. The summed E-state index contributed by atoms with van der Waals surface area (Å²) in [5.74, 6) is 0.887. The Labute approximate surface area is 109 Å². The van der Waals surface area contributed by atoms with E-state index in [1.54, 1.807) is 0 Å². The van der Waals surface area contributed by atoms with E-state index in [1.165, 1.54) is 38.5 Å². The van der Waals surface area contributed by atoms with Gasteiger partial charge in [0, 0.05) is 12.5 Å². The third-order valence-corrected chi connectivity index (χ3v) is 3.86. The smallest absolute Gasteiger partial charge is 0.314 e. The van der Waals surface area contributed by atoms with Gasteiger partial charge in [0.1, 0.15) is 0 Å². The van der Waals surface area contributed by atoms with Gasteiger partial charge in [-0.1, -0.05) is 19.8 Å². The van der Waals surface area contributed by atoms with Crippen LogP contribution in [0.1, 0.15) is 64.7 Å². The SMILES string of the molecule is CCCC1CCC(NCCCCC(F)(F)F)CC1. The van der Waals surface area contributed by atoms with Crippen LogP contribution in [0.2, 0.25) is 0 Å². The van der Waals surface area contributed by atoms with Crippen LogP contribution in [0.15, 0.2) is 0 Å². The summed E-state index contributed by atoms with van der Waals surface area (Å²) >= 11 is 0. The van der Waals surface area contributed by atoms with Gasteiger partial charge in [-0.25, -0.2) is 0 Å². The molecule has 0 aromatic heterocycles. The Kier molecular flexibility index (Phi) is 7.05. The van der Waals surface area contributed by atoms with Crippen LogP contribution in [0.3, 0.4) is 0 Å². The van der Waals surface area contributed by atoms with E-state index in [1.807, 2.05) is 0 Å². The molecule has 0 radical (unpaired) electrons. The van der Waals surface area contributed by atoms with E-state index >= 15 is 0 Å². The van der Waals surface area contributed by atoms with Crippen LogP contribution < -0.4 is 5.32 Å². The molecule has 0 saturated heterocycles. The van der Waals surface area contributed by atoms with E-state index in [9.17, 15) is 13.2 Å². The predicted molar refractivity (Wildman–Crippen MR) is 68.6 cm³/mol. The van der Waals surface area contributed by atoms with Crippen LogP contribution >= 0.6 is 0 Å². The van der Waals surface area contributed by atoms with Crippen molar-refractivity contribution in [2.24, 2.45) is 5.92 Å². The van der Waals surface area contributed by atoms with Gasteiger partial charge in [0.25, 0.3) is 0 Å². The zero-order valence-corrected chi connectivity index (χ0v) is 11.4. The number of nitrogens with one attached hydrogen (secondary N) is 1. The maximum absolute atomic E-state index is 11.9. The second kappa shape index (κ2) is 8.03. The highest BCUT2D eigenvalue weighted by molar-refractivity contribution is 4.76. The van der Waals surface area contributed by atoms with Crippen molar-refractivity contribution in [1.82, 2.24) is 5.32 Å². The zero-order valence-electron chi connectivity index (χ0n) is 11.4. The number of unbranched alkanes of at least 4 members (excludes halogenated alkanes) is 1.